The molecular weight excluding hydrogens is 492 g/mol. The third-order valence-electron chi connectivity index (χ3n) is 4.79. The molecular formula is C24H28N2O11. The van der Waals surface area contributed by atoms with Gasteiger partial charge in [-0.1, -0.05) is 12.1 Å². The van der Waals surface area contributed by atoms with Crippen LogP contribution in [0.25, 0.3) is 0 Å². The van der Waals surface area contributed by atoms with E-state index < -0.39 is 83.2 Å². The lowest BCUT2D eigenvalue weighted by Gasteiger charge is -2.25. The van der Waals surface area contributed by atoms with Gasteiger partial charge in [0.1, 0.15) is 6.61 Å². The van der Waals surface area contributed by atoms with Crippen molar-refractivity contribution in [2.75, 3.05) is 13.2 Å². The Bertz CT molecular complexity index is 1170. The van der Waals surface area contributed by atoms with E-state index in [1.54, 1.807) is 20.8 Å². The molecule has 13 nitrogen and oxygen atoms in total. The fraction of sp³-hybridized carbons (Fsp3) is 0.333. The molecule has 0 radical (unpaired) electrons. The van der Waals surface area contributed by atoms with Crippen LogP contribution in [0.4, 0.5) is 0 Å². The third kappa shape index (κ3) is 8.00. The number of phenolic OH excluding ortho intramolecular Hbond substituents is 4. The molecule has 2 aromatic carbocycles. The number of amides is 2. The fourth-order valence-electron chi connectivity index (χ4n) is 2.84. The van der Waals surface area contributed by atoms with Crippen LogP contribution in [0.2, 0.25) is 0 Å². The summed E-state index contributed by atoms with van der Waals surface area (Å²) in [7, 11) is 0. The first-order chi connectivity index (χ1) is 17.2. The summed E-state index contributed by atoms with van der Waals surface area (Å²) < 4.78 is 10.6. The summed E-state index contributed by atoms with van der Waals surface area (Å²) in [6.45, 7) is 3.80. The number of esters is 1. The van der Waals surface area contributed by atoms with Crippen molar-refractivity contribution in [1.82, 2.24) is 10.6 Å². The number of ether oxygens (including phenoxy) is 2. The number of carbonyl (C=O) groups is 4. The summed E-state index contributed by atoms with van der Waals surface area (Å²) in [6.07, 6.45) is 0. The van der Waals surface area contributed by atoms with Crippen molar-refractivity contribution in [1.29, 1.82) is 0 Å². The summed E-state index contributed by atoms with van der Waals surface area (Å²) in [5.74, 6) is -7.33. The van der Waals surface area contributed by atoms with Crippen LogP contribution >= 0.6 is 0 Å². The van der Waals surface area contributed by atoms with E-state index in [2.05, 4.69) is 10.6 Å². The minimum atomic E-state index is -1.76. The molecule has 13 heteroatoms. The maximum absolute atomic E-state index is 12.8. The molecule has 0 saturated heterocycles. The van der Waals surface area contributed by atoms with Crippen LogP contribution < -0.4 is 10.6 Å². The van der Waals surface area contributed by atoms with Gasteiger partial charge in [-0.2, -0.15) is 0 Å². The SMILES string of the molecule is CC(C)(C)OCC(NC(=O)c1cccc(O)c1O)C(=O)OC[C@H](NC(=O)c1cccc(O)c1O)C(=O)O. The van der Waals surface area contributed by atoms with Crippen molar-refractivity contribution in [2.24, 2.45) is 0 Å². The second kappa shape index (κ2) is 11.9. The highest BCUT2D eigenvalue weighted by atomic mass is 16.5. The monoisotopic (exact) mass is 520 g/mol. The molecule has 2 atom stereocenters. The average molecular weight is 520 g/mol. The standard InChI is InChI=1S/C24H28N2O11/c1-24(2,3)37-11-15(26-21(32)13-7-5-9-17(28)19(13)30)23(35)36-10-14(22(33)34)25-20(31)12-6-4-8-16(27)18(12)29/h4-9,14-15,27-30H,10-11H2,1-3H3,(H,25,31)(H,26,32)(H,33,34)/t14-,15?/m0/s1. The summed E-state index contributed by atoms with van der Waals surface area (Å²) in [4.78, 5) is 49.4. The Morgan fingerprint density at radius 1 is 0.784 bits per heavy atom. The van der Waals surface area contributed by atoms with Gasteiger partial charge in [-0.25, -0.2) is 9.59 Å². The summed E-state index contributed by atoms with van der Waals surface area (Å²) in [6, 6.07) is 3.94. The second-order valence-corrected chi connectivity index (χ2v) is 8.79. The van der Waals surface area contributed by atoms with E-state index in [0.717, 1.165) is 18.2 Å². The lowest BCUT2D eigenvalue weighted by Crippen LogP contribution is -2.49. The second-order valence-electron chi connectivity index (χ2n) is 8.79. The Kier molecular flexibility index (Phi) is 9.27. The van der Waals surface area contributed by atoms with Gasteiger partial charge in [0.2, 0.25) is 0 Å². The summed E-state index contributed by atoms with van der Waals surface area (Å²) in [5, 5.41) is 52.7. The molecule has 0 aliphatic carbocycles. The zero-order chi connectivity index (χ0) is 27.9. The van der Waals surface area contributed by atoms with Crippen molar-refractivity contribution < 1.29 is 54.2 Å². The van der Waals surface area contributed by atoms with Gasteiger partial charge in [-0.15, -0.1) is 0 Å². The van der Waals surface area contributed by atoms with Gasteiger partial charge < -0.3 is 45.6 Å². The number of hydrogen-bond donors (Lipinski definition) is 7. The molecule has 0 fully saturated rings. The number of aliphatic carboxylic acids is 1. The smallest absolute Gasteiger partial charge is 0.331 e. The largest absolute Gasteiger partial charge is 0.504 e. The fourth-order valence-corrected chi connectivity index (χ4v) is 2.84. The molecule has 2 aromatic rings. The molecule has 0 saturated carbocycles. The van der Waals surface area contributed by atoms with Gasteiger partial charge >= 0.3 is 11.9 Å². The van der Waals surface area contributed by atoms with Crippen LogP contribution in [-0.2, 0) is 19.1 Å². The maximum atomic E-state index is 12.8. The Morgan fingerprint density at radius 2 is 1.24 bits per heavy atom. The number of phenols is 4. The molecule has 0 bridgehead atoms. The first-order valence-electron chi connectivity index (χ1n) is 10.9. The van der Waals surface area contributed by atoms with Crippen LogP contribution in [0.1, 0.15) is 41.5 Å². The van der Waals surface area contributed by atoms with Crippen LogP contribution in [-0.4, -0.2) is 80.2 Å². The Balaban J connectivity index is 2.15. The van der Waals surface area contributed by atoms with Crippen LogP contribution in [0.5, 0.6) is 23.0 Å². The van der Waals surface area contributed by atoms with E-state index in [-0.39, 0.29) is 5.56 Å². The van der Waals surface area contributed by atoms with Crippen molar-refractivity contribution in [2.45, 2.75) is 38.5 Å². The topological polar surface area (TPSA) is 212 Å². The number of rotatable bonds is 10. The Hall–Kier alpha value is -4.52. The predicted molar refractivity (Wildman–Crippen MR) is 126 cm³/mol. The van der Waals surface area contributed by atoms with E-state index in [1.165, 1.54) is 18.2 Å². The maximum Gasteiger partial charge on any atom is 0.331 e. The zero-order valence-corrected chi connectivity index (χ0v) is 20.2. The number of aromatic hydroxyl groups is 4. The van der Waals surface area contributed by atoms with Crippen molar-refractivity contribution in [3.63, 3.8) is 0 Å². The zero-order valence-electron chi connectivity index (χ0n) is 20.2. The lowest BCUT2D eigenvalue weighted by atomic mass is 10.1. The quantitative estimate of drug-likeness (QED) is 0.172. The lowest BCUT2D eigenvalue weighted by molar-refractivity contribution is -0.152. The highest BCUT2D eigenvalue weighted by Gasteiger charge is 2.30. The minimum Gasteiger partial charge on any atom is -0.504 e. The first-order valence-corrected chi connectivity index (χ1v) is 10.9. The van der Waals surface area contributed by atoms with Crippen molar-refractivity contribution in [3.05, 3.63) is 47.5 Å². The van der Waals surface area contributed by atoms with E-state index in [0.29, 0.717) is 0 Å². The number of hydrogen-bond acceptors (Lipinski definition) is 10. The number of carbonyl (C=O) groups excluding carboxylic acids is 3. The number of carboxylic acids is 1. The van der Waals surface area contributed by atoms with E-state index in [9.17, 15) is 44.7 Å². The van der Waals surface area contributed by atoms with Gasteiger partial charge in [0, 0.05) is 0 Å². The molecule has 2 amide bonds. The van der Waals surface area contributed by atoms with Crippen LogP contribution in [0.15, 0.2) is 36.4 Å². The van der Waals surface area contributed by atoms with Gasteiger partial charge in [0.25, 0.3) is 11.8 Å². The Morgan fingerprint density at radius 3 is 1.68 bits per heavy atom. The van der Waals surface area contributed by atoms with E-state index in [4.69, 9.17) is 9.47 Å². The highest BCUT2D eigenvalue weighted by molar-refractivity contribution is 6.00. The molecule has 2 rings (SSSR count). The average Bonchev–Trinajstić information content (AvgIpc) is 2.81. The molecule has 200 valence electrons. The van der Waals surface area contributed by atoms with E-state index >= 15 is 0 Å². The number of nitrogens with one attached hydrogen (secondary N) is 2. The third-order valence-corrected chi connectivity index (χ3v) is 4.79. The Labute approximate surface area is 211 Å². The number of carboxylic acid groups (broad SMARTS) is 1. The molecule has 0 spiro atoms. The van der Waals surface area contributed by atoms with Gasteiger partial charge in [-0.3, -0.25) is 9.59 Å². The first kappa shape index (κ1) is 28.7. The van der Waals surface area contributed by atoms with Gasteiger partial charge in [-0.05, 0) is 45.0 Å². The molecule has 0 aliphatic heterocycles. The van der Waals surface area contributed by atoms with Crippen LogP contribution in [0.3, 0.4) is 0 Å². The van der Waals surface area contributed by atoms with Gasteiger partial charge in [0.05, 0.1) is 23.3 Å². The molecule has 1 unspecified atom stereocenters. The normalized spacial score (nSPS) is 12.7. The number of benzene rings is 2. The minimum absolute atomic E-state index is 0.338. The summed E-state index contributed by atoms with van der Waals surface area (Å²) >= 11 is 0. The molecule has 7 N–H and O–H groups in total. The molecule has 0 aromatic heterocycles. The molecule has 0 aliphatic rings. The van der Waals surface area contributed by atoms with E-state index in [1.807, 2.05) is 0 Å². The summed E-state index contributed by atoms with van der Waals surface area (Å²) in [5.41, 5.74) is -1.49. The van der Waals surface area contributed by atoms with Gasteiger partial charge in [0.15, 0.2) is 35.1 Å². The highest BCUT2D eigenvalue weighted by Crippen LogP contribution is 2.29. The number of para-hydroxylation sites is 2. The molecule has 37 heavy (non-hydrogen) atoms. The van der Waals surface area contributed by atoms with Crippen molar-refractivity contribution in [3.8, 4) is 23.0 Å². The molecule has 0 heterocycles. The van der Waals surface area contributed by atoms with Crippen molar-refractivity contribution >= 4 is 23.8 Å². The predicted octanol–water partition coefficient (Wildman–Crippen LogP) is 0.849. The van der Waals surface area contributed by atoms with Crippen LogP contribution in [0, 0.1) is 0 Å².